The predicted octanol–water partition coefficient (Wildman–Crippen LogP) is 6.19. The summed E-state index contributed by atoms with van der Waals surface area (Å²) in [4.78, 5) is 12.9. The topological polar surface area (TPSA) is 53.0 Å². The second-order valence-corrected chi connectivity index (χ2v) is 8.82. The molecule has 2 N–H and O–H groups in total. The largest absolute Gasteiger partial charge is 0.416 e. The molecule has 1 heterocycles. The molecule has 0 aromatic heterocycles. The van der Waals surface area contributed by atoms with Gasteiger partial charge in [-0.25, -0.2) is 0 Å². The number of ketones is 1. The number of benzene rings is 2. The van der Waals surface area contributed by atoms with Crippen LogP contribution in [0.25, 0.3) is 11.1 Å². The molecule has 2 aromatic rings. The number of Topliss-reactive ketones (excluding diaryl/α,β-unsaturated/α-hetero) is 1. The molecule has 0 saturated heterocycles. The van der Waals surface area contributed by atoms with Crippen LogP contribution in [0.1, 0.15) is 44.7 Å². The van der Waals surface area contributed by atoms with Crippen molar-refractivity contribution in [1.29, 1.82) is 5.41 Å². The summed E-state index contributed by atoms with van der Waals surface area (Å²) in [6.45, 7) is 5.95. The van der Waals surface area contributed by atoms with Crippen LogP contribution in [0.4, 0.5) is 13.2 Å². The Morgan fingerprint density at radius 3 is 2.39 bits per heavy atom. The summed E-state index contributed by atoms with van der Waals surface area (Å²) in [5.41, 5.74) is 1.56. The molecular weight excluding hydrogens is 401 g/mol. The lowest BCUT2D eigenvalue weighted by molar-refractivity contribution is -0.137. The van der Waals surface area contributed by atoms with Crippen LogP contribution in [0.3, 0.4) is 0 Å². The zero-order valence-corrected chi connectivity index (χ0v) is 17.9. The number of hydrogen-bond donors (Lipinski definition) is 2. The van der Waals surface area contributed by atoms with Crippen molar-refractivity contribution in [2.24, 2.45) is 5.92 Å². The van der Waals surface area contributed by atoms with Crippen molar-refractivity contribution in [2.45, 2.75) is 51.7 Å². The van der Waals surface area contributed by atoms with E-state index in [2.05, 4.69) is 19.2 Å². The van der Waals surface area contributed by atoms with E-state index in [1.54, 1.807) is 24.3 Å². The van der Waals surface area contributed by atoms with E-state index >= 15 is 0 Å². The first kappa shape index (κ1) is 22.8. The molecule has 0 saturated carbocycles. The first-order valence-electron chi connectivity index (χ1n) is 10.3. The minimum absolute atomic E-state index is 0.0651. The van der Waals surface area contributed by atoms with Gasteiger partial charge in [0.25, 0.3) is 0 Å². The molecule has 164 valence electrons. The third-order valence-electron chi connectivity index (χ3n) is 5.49. The molecular formula is C25H27F3N2O. The summed E-state index contributed by atoms with van der Waals surface area (Å²) in [5, 5.41) is 11.3. The van der Waals surface area contributed by atoms with Crippen molar-refractivity contribution >= 4 is 11.6 Å². The van der Waals surface area contributed by atoms with E-state index in [0.29, 0.717) is 29.9 Å². The highest BCUT2D eigenvalue weighted by molar-refractivity contribution is 6.01. The monoisotopic (exact) mass is 428 g/mol. The molecule has 1 atom stereocenters. The number of hydrogen-bond acceptors (Lipinski definition) is 2. The Morgan fingerprint density at radius 1 is 1.10 bits per heavy atom. The van der Waals surface area contributed by atoms with Gasteiger partial charge in [-0.2, -0.15) is 13.2 Å². The van der Waals surface area contributed by atoms with E-state index in [0.717, 1.165) is 23.3 Å². The Labute approximate surface area is 180 Å². The molecule has 0 amide bonds. The van der Waals surface area contributed by atoms with Crippen molar-refractivity contribution in [3.05, 3.63) is 71.3 Å². The number of rotatable bonds is 5. The number of carbonyl (C=O) groups excluding carboxylic acids is 1. The second-order valence-electron chi connectivity index (χ2n) is 8.82. The fraction of sp³-hybridized carbons (Fsp3) is 0.360. The average molecular weight is 428 g/mol. The molecule has 0 radical (unpaired) electrons. The van der Waals surface area contributed by atoms with E-state index < -0.39 is 17.3 Å². The smallest absolute Gasteiger partial charge is 0.358 e. The quantitative estimate of drug-likeness (QED) is 0.597. The van der Waals surface area contributed by atoms with Crippen LogP contribution in [0.5, 0.6) is 0 Å². The summed E-state index contributed by atoms with van der Waals surface area (Å²) < 4.78 is 38.9. The van der Waals surface area contributed by atoms with Gasteiger partial charge < -0.3 is 5.32 Å². The second kappa shape index (κ2) is 8.69. The average Bonchev–Trinajstić information content (AvgIpc) is 2.76. The van der Waals surface area contributed by atoms with Gasteiger partial charge in [-0.3, -0.25) is 10.2 Å². The zero-order valence-electron chi connectivity index (χ0n) is 17.9. The van der Waals surface area contributed by atoms with Crippen LogP contribution in [0.2, 0.25) is 0 Å². The minimum atomic E-state index is -4.38. The summed E-state index contributed by atoms with van der Waals surface area (Å²) in [7, 11) is 0. The summed E-state index contributed by atoms with van der Waals surface area (Å²) in [5.74, 6) is 0.610. The van der Waals surface area contributed by atoms with Gasteiger partial charge in [-0.15, -0.1) is 0 Å². The lowest BCUT2D eigenvalue weighted by Gasteiger charge is -2.30. The standard InChI is InChI=1S/C25H27F3N2O/c1-16(2)15-24(3)22(31)12-18(13-23(29)30-24)11-17-7-9-19(10-8-17)20-5-4-6-21(14-20)25(26,27)28/h4-10,13-14,16H,11-12,15H2,1-3H3,(H2,29,30). The number of carbonyl (C=O) groups is 1. The van der Waals surface area contributed by atoms with Gasteiger partial charge in [0.05, 0.1) is 11.1 Å². The Bertz CT molecular complexity index is 1010. The SMILES string of the molecule is CC(C)CC1(C)NC(=N)C=C(Cc2ccc(-c3cccc(C(F)(F)F)c3)cc2)CC1=O. The van der Waals surface area contributed by atoms with Gasteiger partial charge in [0.1, 0.15) is 5.84 Å². The Balaban J connectivity index is 1.76. The lowest BCUT2D eigenvalue weighted by atomic mass is 9.84. The number of nitrogens with one attached hydrogen (secondary N) is 2. The van der Waals surface area contributed by atoms with Gasteiger partial charge in [0.2, 0.25) is 0 Å². The maximum absolute atomic E-state index is 13.0. The third-order valence-corrected chi connectivity index (χ3v) is 5.49. The van der Waals surface area contributed by atoms with E-state index in [4.69, 9.17) is 5.41 Å². The van der Waals surface area contributed by atoms with Gasteiger partial charge in [0.15, 0.2) is 5.78 Å². The molecule has 0 bridgehead atoms. The van der Waals surface area contributed by atoms with Crippen LogP contribution in [0, 0.1) is 11.3 Å². The van der Waals surface area contributed by atoms with Gasteiger partial charge in [-0.1, -0.05) is 55.8 Å². The van der Waals surface area contributed by atoms with Crippen molar-refractivity contribution in [3.8, 4) is 11.1 Å². The highest BCUT2D eigenvalue weighted by Crippen LogP contribution is 2.32. The summed E-state index contributed by atoms with van der Waals surface area (Å²) in [6.07, 6.45) is -1.23. The molecule has 0 spiro atoms. The summed E-state index contributed by atoms with van der Waals surface area (Å²) in [6, 6.07) is 12.5. The first-order chi connectivity index (χ1) is 14.5. The van der Waals surface area contributed by atoms with E-state index in [-0.39, 0.29) is 18.0 Å². The fourth-order valence-electron chi connectivity index (χ4n) is 4.11. The number of alkyl halides is 3. The molecule has 31 heavy (non-hydrogen) atoms. The highest BCUT2D eigenvalue weighted by Gasteiger charge is 2.36. The molecule has 0 fully saturated rings. The van der Waals surface area contributed by atoms with Gasteiger partial charge >= 0.3 is 6.18 Å². The van der Waals surface area contributed by atoms with E-state index in [1.165, 1.54) is 6.07 Å². The fourth-order valence-corrected chi connectivity index (χ4v) is 4.11. The maximum Gasteiger partial charge on any atom is 0.416 e. The van der Waals surface area contributed by atoms with E-state index in [9.17, 15) is 18.0 Å². The molecule has 3 rings (SSSR count). The van der Waals surface area contributed by atoms with Crippen LogP contribution in [0.15, 0.2) is 60.2 Å². The lowest BCUT2D eigenvalue weighted by Crippen LogP contribution is -2.51. The third kappa shape index (κ3) is 5.63. The maximum atomic E-state index is 13.0. The van der Waals surface area contributed by atoms with Crippen LogP contribution in [-0.2, 0) is 17.4 Å². The van der Waals surface area contributed by atoms with Crippen molar-refractivity contribution in [3.63, 3.8) is 0 Å². The number of halogens is 3. The Hall–Kier alpha value is -2.89. The van der Waals surface area contributed by atoms with Crippen LogP contribution < -0.4 is 5.32 Å². The predicted molar refractivity (Wildman–Crippen MR) is 117 cm³/mol. The van der Waals surface area contributed by atoms with Gasteiger partial charge in [-0.05, 0) is 60.6 Å². The molecule has 1 aliphatic heterocycles. The first-order valence-corrected chi connectivity index (χ1v) is 10.3. The number of amidine groups is 1. The van der Waals surface area contributed by atoms with Crippen molar-refractivity contribution in [1.82, 2.24) is 5.32 Å². The zero-order chi connectivity index (χ0) is 22.8. The highest BCUT2D eigenvalue weighted by atomic mass is 19.4. The Morgan fingerprint density at radius 2 is 1.77 bits per heavy atom. The van der Waals surface area contributed by atoms with Crippen molar-refractivity contribution in [2.75, 3.05) is 0 Å². The van der Waals surface area contributed by atoms with Crippen molar-refractivity contribution < 1.29 is 18.0 Å². The van der Waals surface area contributed by atoms with E-state index in [1.807, 2.05) is 19.1 Å². The van der Waals surface area contributed by atoms with Gasteiger partial charge in [0, 0.05) is 6.42 Å². The van der Waals surface area contributed by atoms with Crippen LogP contribution in [-0.4, -0.2) is 17.2 Å². The molecule has 1 aliphatic rings. The molecule has 6 heteroatoms. The number of allylic oxidation sites excluding steroid dienone is 1. The molecule has 0 aliphatic carbocycles. The molecule has 1 unspecified atom stereocenters. The summed E-state index contributed by atoms with van der Waals surface area (Å²) >= 11 is 0. The molecule has 2 aromatic carbocycles. The minimum Gasteiger partial charge on any atom is -0.358 e. The normalized spacial score (nSPS) is 19.8. The molecule has 3 nitrogen and oxygen atoms in total. The Kier molecular flexibility index (Phi) is 6.39. The van der Waals surface area contributed by atoms with Crippen LogP contribution >= 0.6 is 0 Å².